The summed E-state index contributed by atoms with van der Waals surface area (Å²) in [5, 5.41) is 120. The molecule has 5 aliphatic heterocycles. The van der Waals surface area contributed by atoms with Crippen molar-refractivity contribution in [1.29, 1.82) is 0 Å². The highest BCUT2D eigenvalue weighted by molar-refractivity contribution is 9.11. The second-order valence-electron chi connectivity index (χ2n) is 33.0. The van der Waals surface area contributed by atoms with Gasteiger partial charge in [-0.15, -0.1) is 0 Å². The van der Waals surface area contributed by atoms with Gasteiger partial charge in [-0.1, -0.05) is 6.92 Å². The van der Waals surface area contributed by atoms with E-state index >= 15 is 8.78 Å². The fourth-order valence-corrected chi connectivity index (χ4v) is 21.1. The highest BCUT2D eigenvalue weighted by Gasteiger charge is 2.47. The number of aliphatic imine (C=N–C) groups is 5. The molecule has 5 saturated heterocycles. The second kappa shape index (κ2) is 51.7. The predicted molar refractivity (Wildman–Crippen MR) is 537 cm³/mol. The molecule has 74 heteroatoms. The molecule has 0 unspecified atom stereocenters. The second-order valence-corrected chi connectivity index (χ2v) is 46.6. The summed E-state index contributed by atoms with van der Waals surface area (Å²) in [5.74, 6) is -2.82. The largest absolute Gasteiger partial charge is 0.387 e. The molecule has 10 heterocycles. The first kappa shape index (κ1) is 119. The standard InChI is InChI=1S/C16H21BrFN7O4S.2C15H18BrF2N7O4S.2C15H19BrFN7O5S/c1-16(5-6-25(9-16)30(27,28)19-2)8-20-14-13(23-29-24-14)15(22-26)21-10-3-4-12(18)11(17)7-10;2*1-19-30(27,28)25-5-4-15(18,8-25)7-20-13-12(23-29-24-13)14(22-26)21-9-2-3-11(17)10(16)6-9;2*1-18-30(27,28)24-5-4-15(25,8-24)7-19-13-12(22-29-23-13)14(21-26)20-9-2-3-11(17)10(16)6-9/h3-4,7,19,26H,5-6,8-9H2,1-2H3,(H,20,24)(H,21,22);2*2-3,6,19,26H,4-5,7-8H2,1H3,(H,20,24)(H,21,22);2*2-3,6,18,25-26H,4-5,7-8H2,1H3,(H,19,23)(H,20,21)/t16-;4*15-/m01111/s1. The molecule has 57 nitrogen and oxygen atoms in total. The van der Waals surface area contributed by atoms with Gasteiger partial charge >= 0.3 is 0 Å². The lowest BCUT2D eigenvalue weighted by Gasteiger charge is -2.24. The smallest absolute Gasteiger partial charge is 0.279 e. The van der Waals surface area contributed by atoms with Crippen LogP contribution in [-0.4, -0.2) is 337 Å². The number of rotatable bonds is 35. The Morgan fingerprint density at radius 2 is 0.527 bits per heavy atom. The van der Waals surface area contributed by atoms with E-state index in [1.165, 1.54) is 131 Å². The quantitative estimate of drug-likeness (QED) is 0.0108. The summed E-state index contributed by atoms with van der Waals surface area (Å²) in [5.41, 5.74) is 4.13. The fraction of sp³-hybridized carbons (Fsp3) is 0.408. The molecule has 0 amide bonds. The molecule has 10 aromatic rings. The van der Waals surface area contributed by atoms with Crippen LogP contribution in [0.3, 0.4) is 0 Å². The van der Waals surface area contributed by atoms with Crippen molar-refractivity contribution in [3.8, 4) is 0 Å². The normalized spacial score (nSPS) is 20.5. The minimum Gasteiger partial charge on any atom is -0.387 e. The monoisotopic (exact) mass is 2540 g/mol. The summed E-state index contributed by atoms with van der Waals surface area (Å²) in [6, 6.07) is 19.9. The third-order valence-corrected chi connectivity index (χ3v) is 33.0. The van der Waals surface area contributed by atoms with Crippen molar-refractivity contribution in [2.24, 2.45) is 30.4 Å². The molecule has 0 saturated carbocycles. The first-order valence-corrected chi connectivity index (χ1v) is 54.3. The van der Waals surface area contributed by atoms with E-state index in [-0.39, 0.29) is 230 Å². The van der Waals surface area contributed by atoms with E-state index in [1.54, 1.807) is 0 Å². The molecule has 0 bridgehead atoms. The number of hydrogen-bond acceptors (Lipinski definition) is 42. The van der Waals surface area contributed by atoms with E-state index in [0.717, 1.165) is 17.2 Å². The van der Waals surface area contributed by atoms with Crippen LogP contribution < -0.4 is 77.6 Å². The lowest BCUT2D eigenvalue weighted by atomic mass is 9.90. The summed E-state index contributed by atoms with van der Waals surface area (Å²) in [6.07, 6.45) is 0.994. The van der Waals surface area contributed by atoms with Crippen LogP contribution >= 0.6 is 79.6 Å². The lowest BCUT2D eigenvalue weighted by Crippen LogP contribution is -2.44. The van der Waals surface area contributed by atoms with Crippen LogP contribution in [0.5, 0.6) is 0 Å². The van der Waals surface area contributed by atoms with Gasteiger partial charge in [-0.05, 0) is 260 Å². The zero-order chi connectivity index (χ0) is 110. The van der Waals surface area contributed by atoms with E-state index in [4.69, 9.17) is 4.63 Å². The maximum atomic E-state index is 15.1. The first-order valence-electron chi connectivity index (χ1n) is 43.2. The third kappa shape index (κ3) is 31.5. The Balaban J connectivity index is 0.000000178. The Bertz CT molecular complexity index is 6210. The summed E-state index contributed by atoms with van der Waals surface area (Å²) >= 11 is 15.2. The van der Waals surface area contributed by atoms with Crippen molar-refractivity contribution in [2.45, 2.75) is 61.6 Å². The summed E-state index contributed by atoms with van der Waals surface area (Å²) in [4.78, 5) is 20.7. The number of anilines is 5. The molecule has 5 aliphatic rings. The van der Waals surface area contributed by atoms with Crippen LogP contribution in [0.4, 0.5) is 88.3 Å². The van der Waals surface area contributed by atoms with Gasteiger partial charge in [0.25, 0.3) is 51.0 Å². The molecule has 15 rings (SSSR count). The zero-order valence-corrected chi connectivity index (χ0v) is 90.6. The average molecular weight is 2540 g/mol. The van der Waals surface area contributed by atoms with Crippen molar-refractivity contribution in [3.05, 3.63) is 171 Å². The van der Waals surface area contributed by atoms with Gasteiger partial charge in [0.2, 0.25) is 29.1 Å². The third-order valence-electron chi connectivity index (χ3n) is 22.5. The molecular formula is C76H95Br5F7N35O22S5. The first-order chi connectivity index (χ1) is 70.9. The number of hydroxylamine groups is 5. The van der Waals surface area contributed by atoms with Gasteiger partial charge in [0.15, 0.2) is 57.6 Å². The van der Waals surface area contributed by atoms with E-state index in [2.05, 4.69) is 225 Å². The van der Waals surface area contributed by atoms with Gasteiger partial charge in [0.1, 0.15) is 40.4 Å². The summed E-state index contributed by atoms with van der Waals surface area (Å²) in [7, 11) is -11.8. The molecule has 0 aliphatic carbocycles. The van der Waals surface area contributed by atoms with Crippen LogP contribution in [0.15, 0.2) is 161 Å². The number of β-amino-alcohol motifs (C(OH)–C–C–N with tert-alkyl or cyclic N) is 2. The molecule has 0 spiro atoms. The van der Waals surface area contributed by atoms with Crippen molar-refractivity contribution in [1.82, 2.24) is 124 Å². The van der Waals surface area contributed by atoms with Gasteiger partial charge in [-0.3, -0.25) is 53.4 Å². The summed E-state index contributed by atoms with van der Waals surface area (Å²) < 4.78 is 257. The molecule has 0 radical (unpaired) electrons. The van der Waals surface area contributed by atoms with Crippen molar-refractivity contribution in [2.75, 3.05) is 160 Å². The van der Waals surface area contributed by atoms with E-state index < -0.39 is 103 Å². The van der Waals surface area contributed by atoms with E-state index in [1.807, 2.05) is 34.3 Å². The maximum Gasteiger partial charge on any atom is 0.279 e. The molecule has 22 N–H and O–H groups in total. The van der Waals surface area contributed by atoms with Crippen molar-refractivity contribution >= 4 is 217 Å². The van der Waals surface area contributed by atoms with Gasteiger partial charge in [-0.2, -0.15) is 63.6 Å². The SMILES string of the molecule is CNS(=O)(=O)N1CC[C@@](C)(CNc2nonc2C(=Nc2ccc(F)c(Br)c2)NO)C1.CNS(=O)(=O)N1CC[C@@](F)(CNc2nonc2C(=Nc2ccc(F)c(Br)c2)NO)C1.CNS(=O)(=O)N1CC[C@@](F)(CNc2nonc2C(=Nc2ccc(F)c(Br)c2)NO)C1.CNS(=O)(=O)N1CC[C@@](O)(CNc2nonc2C(=Nc2ccc(F)c(Br)c2)NO)C1.CNS(=O)(=O)N1CC[C@@](O)(CNc2nonc2C(=Nc2ccc(F)c(Br)c2)NO)C1. The van der Waals surface area contributed by atoms with Gasteiger partial charge in [0, 0.05) is 107 Å². The average Bonchev–Trinajstić information content (AvgIpc) is 1.67. The predicted octanol–water partition coefficient (Wildman–Crippen LogP) is 4.94. The Labute approximate surface area is 890 Å². The number of hydrogen-bond donors (Lipinski definition) is 22. The highest BCUT2D eigenvalue weighted by Crippen LogP contribution is 2.37. The Kier molecular flexibility index (Phi) is 41.1. The minimum atomic E-state index is -3.73. The molecule has 5 fully saturated rings. The summed E-state index contributed by atoms with van der Waals surface area (Å²) in [6.45, 7) is 1.78. The molecule has 5 atom stereocenters. The molecular weight excluding hydrogens is 2450 g/mol. The van der Waals surface area contributed by atoms with E-state index in [0.29, 0.717) is 43.1 Å². The maximum absolute atomic E-state index is 15.1. The fourth-order valence-electron chi connectivity index (χ4n) is 14.3. The molecule has 150 heavy (non-hydrogen) atoms. The van der Waals surface area contributed by atoms with Gasteiger partial charge < -0.3 is 36.8 Å². The Hall–Kier alpha value is -10.9. The zero-order valence-electron chi connectivity index (χ0n) is 78.6. The number of alkyl halides is 2. The number of amidine groups is 5. The van der Waals surface area contributed by atoms with Gasteiger partial charge in [-0.25, -0.2) is 102 Å². The number of nitrogens with zero attached hydrogens (tertiary/aromatic N) is 20. The Morgan fingerprint density at radius 1 is 0.320 bits per heavy atom. The minimum absolute atomic E-state index is 0.000697. The number of nitrogens with one attached hydrogen (secondary N) is 15. The number of benzene rings is 5. The lowest BCUT2D eigenvalue weighted by molar-refractivity contribution is 0.0690. The number of halogens is 12. The van der Waals surface area contributed by atoms with Crippen molar-refractivity contribution < 1.29 is 132 Å². The van der Waals surface area contributed by atoms with Crippen LogP contribution in [0.1, 0.15) is 67.5 Å². The Morgan fingerprint density at radius 3 is 0.753 bits per heavy atom. The molecule has 5 aromatic heterocycles. The van der Waals surface area contributed by atoms with Gasteiger partial charge in [0.05, 0.1) is 88.2 Å². The molecule has 820 valence electrons. The van der Waals surface area contributed by atoms with Crippen LogP contribution in [0.25, 0.3) is 0 Å². The highest BCUT2D eigenvalue weighted by atomic mass is 79.9. The number of aliphatic hydroxyl groups is 2. The van der Waals surface area contributed by atoms with Crippen LogP contribution in [-0.2, 0) is 51.0 Å². The van der Waals surface area contributed by atoms with Crippen LogP contribution in [0, 0.1) is 34.5 Å². The molecule has 5 aromatic carbocycles. The topological polar surface area (TPSA) is 765 Å². The van der Waals surface area contributed by atoms with Crippen molar-refractivity contribution in [3.63, 3.8) is 0 Å². The number of aromatic nitrogens is 10. The van der Waals surface area contributed by atoms with Crippen LogP contribution in [0.2, 0.25) is 0 Å². The van der Waals surface area contributed by atoms with E-state index in [9.17, 15) is 100 Å².